The summed E-state index contributed by atoms with van der Waals surface area (Å²) in [5, 5.41) is 0. The van der Waals surface area contributed by atoms with Crippen molar-refractivity contribution in [3.8, 4) is 0 Å². The van der Waals surface area contributed by atoms with Gasteiger partial charge in [-0.15, -0.1) is 0 Å². The van der Waals surface area contributed by atoms with Gasteiger partial charge in [0.1, 0.15) is 0 Å². The SMILES string of the molecule is C[Si](C)(C)O[Si](C)(CC1CC2C=CC1C2)O[Si](C)(C)C. The number of allylic oxidation sites excluding steroid dienone is 2. The van der Waals surface area contributed by atoms with Crippen LogP contribution in [-0.4, -0.2) is 25.2 Å². The van der Waals surface area contributed by atoms with Crippen LogP contribution in [0, 0.1) is 17.8 Å². The van der Waals surface area contributed by atoms with Crippen molar-refractivity contribution >= 4 is 25.2 Å². The fraction of sp³-hybridized carbons (Fsp3) is 0.867. The van der Waals surface area contributed by atoms with Gasteiger partial charge >= 0.3 is 8.56 Å². The minimum atomic E-state index is -2.03. The molecule has 20 heavy (non-hydrogen) atoms. The van der Waals surface area contributed by atoms with E-state index in [0.29, 0.717) is 0 Å². The molecule has 3 unspecified atom stereocenters. The Bertz CT molecular complexity index is 366. The second-order valence-electron chi connectivity index (χ2n) is 8.81. The van der Waals surface area contributed by atoms with Crippen LogP contribution in [0.1, 0.15) is 12.8 Å². The molecule has 0 radical (unpaired) electrons. The third-order valence-corrected chi connectivity index (χ3v) is 13.7. The molecular formula is C15H32O2Si3. The lowest BCUT2D eigenvalue weighted by molar-refractivity contribution is 0.353. The van der Waals surface area contributed by atoms with E-state index in [1.807, 2.05) is 0 Å². The first kappa shape index (κ1) is 16.7. The largest absolute Gasteiger partial charge is 0.437 e. The van der Waals surface area contributed by atoms with Crippen LogP contribution in [0.2, 0.25) is 51.9 Å². The number of fused-ring (bicyclic) bond motifs is 2. The Morgan fingerprint density at radius 1 is 0.850 bits per heavy atom. The molecule has 0 aromatic heterocycles. The van der Waals surface area contributed by atoms with Crippen LogP contribution in [0.4, 0.5) is 0 Å². The van der Waals surface area contributed by atoms with E-state index < -0.39 is 25.2 Å². The van der Waals surface area contributed by atoms with E-state index in [1.54, 1.807) is 0 Å². The molecule has 2 aliphatic rings. The van der Waals surface area contributed by atoms with Crippen molar-refractivity contribution in [3.63, 3.8) is 0 Å². The van der Waals surface area contributed by atoms with Crippen molar-refractivity contribution in [1.82, 2.24) is 0 Å². The van der Waals surface area contributed by atoms with Gasteiger partial charge in [0, 0.05) is 0 Å². The molecule has 0 heterocycles. The van der Waals surface area contributed by atoms with Crippen molar-refractivity contribution in [2.45, 2.75) is 64.7 Å². The lowest BCUT2D eigenvalue weighted by atomic mass is 9.96. The van der Waals surface area contributed by atoms with E-state index in [-0.39, 0.29) is 0 Å². The minimum Gasteiger partial charge on any atom is -0.437 e. The topological polar surface area (TPSA) is 18.5 Å². The lowest BCUT2D eigenvalue weighted by Crippen LogP contribution is -2.53. The average molecular weight is 329 g/mol. The molecule has 0 aromatic rings. The van der Waals surface area contributed by atoms with Gasteiger partial charge in [-0.05, 0) is 82.5 Å². The van der Waals surface area contributed by atoms with E-state index in [9.17, 15) is 0 Å². The third kappa shape index (κ3) is 4.66. The molecule has 2 aliphatic carbocycles. The molecule has 0 saturated heterocycles. The van der Waals surface area contributed by atoms with E-state index in [2.05, 4.69) is 58.0 Å². The Hall–Kier alpha value is 0.311. The van der Waals surface area contributed by atoms with E-state index >= 15 is 0 Å². The second-order valence-corrected chi connectivity index (χ2v) is 21.6. The molecule has 0 aliphatic heterocycles. The molecule has 2 nitrogen and oxygen atoms in total. The Balaban J connectivity index is 2.08. The summed E-state index contributed by atoms with van der Waals surface area (Å²) < 4.78 is 13.3. The zero-order valence-electron chi connectivity index (χ0n) is 14.3. The van der Waals surface area contributed by atoms with E-state index in [4.69, 9.17) is 8.23 Å². The normalized spacial score (nSPS) is 30.2. The van der Waals surface area contributed by atoms with Gasteiger partial charge in [0.2, 0.25) is 0 Å². The summed E-state index contributed by atoms with van der Waals surface area (Å²) in [7, 11) is -5.12. The highest BCUT2D eigenvalue weighted by atomic mass is 28.5. The van der Waals surface area contributed by atoms with E-state index in [0.717, 1.165) is 17.8 Å². The zero-order chi connectivity index (χ0) is 15.2. The Morgan fingerprint density at radius 2 is 1.40 bits per heavy atom. The molecule has 0 N–H and O–H groups in total. The number of hydrogen-bond donors (Lipinski definition) is 0. The fourth-order valence-electron chi connectivity index (χ4n) is 4.01. The highest BCUT2D eigenvalue weighted by Crippen LogP contribution is 2.47. The summed E-state index contributed by atoms with van der Waals surface area (Å²) in [5.41, 5.74) is 0. The van der Waals surface area contributed by atoms with Crippen molar-refractivity contribution < 1.29 is 8.23 Å². The molecule has 2 bridgehead atoms. The van der Waals surface area contributed by atoms with Crippen LogP contribution in [-0.2, 0) is 8.23 Å². The van der Waals surface area contributed by atoms with Crippen molar-refractivity contribution in [2.24, 2.45) is 17.8 Å². The molecule has 1 fully saturated rings. The van der Waals surface area contributed by atoms with Crippen molar-refractivity contribution in [2.75, 3.05) is 0 Å². The van der Waals surface area contributed by atoms with Gasteiger partial charge in [-0.2, -0.15) is 0 Å². The third-order valence-electron chi connectivity index (χ3n) is 4.09. The first-order valence-corrected chi connectivity index (χ1v) is 17.4. The first-order valence-electron chi connectivity index (χ1n) is 8.04. The quantitative estimate of drug-likeness (QED) is 0.506. The summed E-state index contributed by atoms with van der Waals surface area (Å²) in [4.78, 5) is 0. The van der Waals surface area contributed by atoms with Crippen LogP contribution in [0.5, 0.6) is 0 Å². The highest BCUT2D eigenvalue weighted by Gasteiger charge is 2.46. The molecule has 3 atom stereocenters. The van der Waals surface area contributed by atoms with Gasteiger partial charge < -0.3 is 8.23 Å². The second kappa shape index (κ2) is 5.50. The maximum absolute atomic E-state index is 6.64. The van der Waals surface area contributed by atoms with Gasteiger partial charge in [-0.25, -0.2) is 0 Å². The van der Waals surface area contributed by atoms with Gasteiger partial charge in [0.15, 0.2) is 16.6 Å². The maximum Gasteiger partial charge on any atom is 0.314 e. The van der Waals surface area contributed by atoms with Crippen LogP contribution in [0.15, 0.2) is 12.2 Å². The van der Waals surface area contributed by atoms with Crippen LogP contribution in [0.25, 0.3) is 0 Å². The number of rotatable bonds is 6. The summed E-state index contributed by atoms with van der Waals surface area (Å²) >= 11 is 0. The summed E-state index contributed by atoms with van der Waals surface area (Å²) in [6.45, 7) is 16.1. The molecule has 5 heteroatoms. The fourth-order valence-corrected chi connectivity index (χ4v) is 17.0. The summed E-state index contributed by atoms with van der Waals surface area (Å²) in [5.74, 6) is 2.47. The predicted molar refractivity (Wildman–Crippen MR) is 94.1 cm³/mol. The molecule has 2 rings (SSSR count). The molecule has 1 saturated carbocycles. The molecular weight excluding hydrogens is 296 g/mol. The van der Waals surface area contributed by atoms with Crippen LogP contribution < -0.4 is 0 Å². The average Bonchev–Trinajstić information content (AvgIpc) is 2.70. The number of hydrogen-bond acceptors (Lipinski definition) is 2. The molecule has 0 spiro atoms. The van der Waals surface area contributed by atoms with Crippen LogP contribution in [0.3, 0.4) is 0 Å². The van der Waals surface area contributed by atoms with Gasteiger partial charge in [-0.1, -0.05) is 12.2 Å². The summed E-state index contributed by atoms with van der Waals surface area (Å²) in [6.07, 6.45) is 7.64. The van der Waals surface area contributed by atoms with E-state index in [1.165, 1.54) is 18.9 Å². The van der Waals surface area contributed by atoms with Crippen LogP contribution >= 0.6 is 0 Å². The molecule has 116 valence electrons. The van der Waals surface area contributed by atoms with Crippen molar-refractivity contribution in [3.05, 3.63) is 12.2 Å². The Morgan fingerprint density at radius 3 is 1.75 bits per heavy atom. The Kier molecular flexibility index (Phi) is 4.59. The first-order chi connectivity index (χ1) is 8.96. The van der Waals surface area contributed by atoms with Gasteiger partial charge in [0.25, 0.3) is 0 Å². The lowest BCUT2D eigenvalue weighted by Gasteiger charge is -2.40. The maximum atomic E-state index is 6.64. The van der Waals surface area contributed by atoms with Gasteiger partial charge in [-0.3, -0.25) is 0 Å². The Labute approximate surface area is 128 Å². The van der Waals surface area contributed by atoms with Crippen molar-refractivity contribution in [1.29, 1.82) is 0 Å². The minimum absolute atomic E-state index is 0.808. The smallest absolute Gasteiger partial charge is 0.314 e. The predicted octanol–water partition coefficient (Wildman–Crippen LogP) is 4.97. The molecule has 0 aromatic carbocycles. The summed E-state index contributed by atoms with van der Waals surface area (Å²) in [6, 6.07) is 1.20. The highest BCUT2D eigenvalue weighted by molar-refractivity contribution is 6.87. The monoisotopic (exact) mass is 328 g/mol. The van der Waals surface area contributed by atoms with Gasteiger partial charge in [0.05, 0.1) is 0 Å². The molecule has 0 amide bonds. The zero-order valence-corrected chi connectivity index (χ0v) is 17.3. The standard InChI is InChI=1S/C15H32O2Si3/c1-18(2,3)16-20(7,17-19(4,5)6)12-15-11-13-8-9-14(15)10-13/h8-9,13-15H,10-12H2,1-7H3.